The fourth-order valence-corrected chi connectivity index (χ4v) is 1.15. The van der Waals surface area contributed by atoms with Gasteiger partial charge in [0.1, 0.15) is 11.6 Å². The second-order valence-corrected chi connectivity index (χ2v) is 3.22. The predicted molar refractivity (Wildman–Crippen MR) is 52.8 cm³/mol. The molecule has 0 saturated heterocycles. The summed E-state index contributed by atoms with van der Waals surface area (Å²) in [4.78, 5) is 0. The average Bonchev–Trinajstić information content (AvgIpc) is 2.49. The molecule has 0 bridgehead atoms. The zero-order chi connectivity index (χ0) is 11.6. The maximum atomic E-state index is 9.82. The molecule has 0 saturated carbocycles. The molecule has 15 heavy (non-hydrogen) atoms. The number of nitriles is 1. The molecule has 0 aliphatic heterocycles. The fourth-order valence-electron chi connectivity index (χ4n) is 1.02. The van der Waals surface area contributed by atoms with Gasteiger partial charge in [-0.05, 0) is 12.2 Å². The second-order valence-electron chi connectivity index (χ2n) is 2.83. The number of H-pyrrole nitrogens is 1. The van der Waals surface area contributed by atoms with Gasteiger partial charge in [0.25, 0.3) is 0 Å². The van der Waals surface area contributed by atoms with Gasteiger partial charge in [0.15, 0.2) is 10.6 Å². The first kappa shape index (κ1) is 11.4. The molecule has 0 amide bonds. The summed E-state index contributed by atoms with van der Waals surface area (Å²) in [5.41, 5.74) is 2.87. The smallest absolute Gasteiger partial charge is 0.214 e. The molecule has 1 atom stereocenters. The van der Waals surface area contributed by atoms with E-state index in [1.807, 2.05) is 0 Å². The topological polar surface area (TPSA) is 124 Å². The summed E-state index contributed by atoms with van der Waals surface area (Å²) in [6.45, 7) is 0. The molecule has 1 aromatic rings. The third kappa shape index (κ3) is 1.75. The predicted octanol–water partition coefficient (Wildman–Crippen LogP) is -0.453. The molecule has 1 aromatic heterocycles. The molecule has 8 heteroatoms. The Hall–Kier alpha value is -1.69. The maximum absolute atomic E-state index is 9.82. The van der Waals surface area contributed by atoms with Crippen LogP contribution in [-0.2, 0) is 12.8 Å². The molecular weight excluding hydrogens is 218 g/mol. The summed E-state index contributed by atoms with van der Waals surface area (Å²) >= 11 is 4.82. The summed E-state index contributed by atoms with van der Waals surface area (Å²) in [6, 6.07) is 1.56. The summed E-state index contributed by atoms with van der Waals surface area (Å²) in [5, 5.41) is 33.2. The lowest BCUT2D eigenvalue weighted by Gasteiger charge is -2.19. The molecule has 0 radical (unpaired) electrons. The molecule has 7 nitrogen and oxygen atoms in total. The lowest BCUT2D eigenvalue weighted by Crippen LogP contribution is -2.40. The van der Waals surface area contributed by atoms with E-state index in [2.05, 4.69) is 10.2 Å². The summed E-state index contributed by atoms with van der Waals surface area (Å²) < 4.78 is 1.54. The van der Waals surface area contributed by atoms with Gasteiger partial charge >= 0.3 is 0 Å². The SMILES string of the molecule is Cn1c(C(N)(O)/C(C#N)=C/O)n[nH]c1=S. The van der Waals surface area contributed by atoms with E-state index in [4.69, 9.17) is 28.3 Å². The van der Waals surface area contributed by atoms with Crippen LogP contribution >= 0.6 is 12.2 Å². The van der Waals surface area contributed by atoms with Gasteiger partial charge in [-0.2, -0.15) is 10.4 Å². The van der Waals surface area contributed by atoms with Crippen LogP contribution in [0.4, 0.5) is 0 Å². The molecule has 1 rings (SSSR count). The highest BCUT2D eigenvalue weighted by Crippen LogP contribution is 2.20. The van der Waals surface area contributed by atoms with Crippen molar-refractivity contribution in [1.82, 2.24) is 14.8 Å². The zero-order valence-electron chi connectivity index (χ0n) is 7.80. The Bertz CT molecular complexity index is 492. The zero-order valence-corrected chi connectivity index (χ0v) is 8.62. The van der Waals surface area contributed by atoms with Crippen molar-refractivity contribution in [3.05, 3.63) is 22.4 Å². The van der Waals surface area contributed by atoms with Crippen LogP contribution in [0.2, 0.25) is 0 Å². The number of nitrogens with one attached hydrogen (secondary N) is 1. The van der Waals surface area contributed by atoms with E-state index in [-0.39, 0.29) is 10.6 Å². The van der Waals surface area contributed by atoms with E-state index in [9.17, 15) is 5.11 Å². The van der Waals surface area contributed by atoms with Crippen LogP contribution in [0.3, 0.4) is 0 Å². The van der Waals surface area contributed by atoms with E-state index in [1.165, 1.54) is 11.6 Å². The highest BCUT2D eigenvalue weighted by Gasteiger charge is 2.34. The van der Waals surface area contributed by atoms with Crippen LogP contribution in [0.15, 0.2) is 11.8 Å². The average molecular weight is 227 g/mol. The van der Waals surface area contributed by atoms with Crippen LogP contribution in [0.1, 0.15) is 5.82 Å². The normalized spacial score (nSPS) is 15.7. The molecule has 0 fully saturated rings. The van der Waals surface area contributed by atoms with Crippen molar-refractivity contribution in [2.24, 2.45) is 12.8 Å². The minimum absolute atomic E-state index is 0.0608. The Balaban J connectivity index is 3.36. The van der Waals surface area contributed by atoms with Gasteiger partial charge in [0.05, 0.1) is 6.26 Å². The Labute approximate surface area is 90.1 Å². The monoisotopic (exact) mass is 227 g/mol. The van der Waals surface area contributed by atoms with Crippen molar-refractivity contribution < 1.29 is 10.2 Å². The number of nitrogens with two attached hydrogens (primary N) is 1. The Morgan fingerprint density at radius 2 is 2.47 bits per heavy atom. The number of aliphatic hydroxyl groups excluding tert-OH is 1. The van der Waals surface area contributed by atoms with Crippen molar-refractivity contribution in [2.45, 2.75) is 5.72 Å². The highest BCUT2D eigenvalue weighted by atomic mass is 32.1. The standard InChI is InChI=1S/C7H9N5O2S/c1-12-5(10-11-6(12)15)7(9,14)4(2-8)3-13/h3,13-14H,9H2,1H3,(H,11,15)/b4-3+. The van der Waals surface area contributed by atoms with Crippen molar-refractivity contribution in [3.63, 3.8) is 0 Å². The van der Waals surface area contributed by atoms with Crippen LogP contribution < -0.4 is 5.73 Å². The highest BCUT2D eigenvalue weighted by molar-refractivity contribution is 7.71. The molecule has 0 aliphatic carbocycles. The molecule has 0 aromatic carbocycles. The van der Waals surface area contributed by atoms with E-state index < -0.39 is 11.3 Å². The number of hydrogen-bond donors (Lipinski definition) is 4. The van der Waals surface area contributed by atoms with Crippen molar-refractivity contribution >= 4 is 12.2 Å². The number of rotatable bonds is 2. The number of aromatic nitrogens is 3. The van der Waals surface area contributed by atoms with E-state index in [0.29, 0.717) is 6.26 Å². The summed E-state index contributed by atoms with van der Waals surface area (Å²) in [5.74, 6) is -0.0608. The number of aliphatic hydroxyl groups is 2. The Kier molecular flexibility index (Phi) is 2.90. The molecular formula is C7H9N5O2S. The summed E-state index contributed by atoms with van der Waals surface area (Å²) in [7, 11) is 1.52. The fraction of sp³-hybridized carbons (Fsp3) is 0.286. The number of aromatic amines is 1. The van der Waals surface area contributed by atoms with Gasteiger partial charge < -0.3 is 14.8 Å². The first-order valence-electron chi connectivity index (χ1n) is 3.83. The van der Waals surface area contributed by atoms with Gasteiger partial charge in [-0.25, -0.2) is 0 Å². The third-order valence-electron chi connectivity index (χ3n) is 1.88. The van der Waals surface area contributed by atoms with Crippen LogP contribution in [0.5, 0.6) is 0 Å². The number of nitrogens with zero attached hydrogens (tertiary/aromatic N) is 3. The molecule has 0 spiro atoms. The van der Waals surface area contributed by atoms with E-state index in [1.54, 1.807) is 6.07 Å². The Morgan fingerprint density at radius 1 is 1.87 bits per heavy atom. The van der Waals surface area contributed by atoms with Crippen molar-refractivity contribution in [2.75, 3.05) is 0 Å². The quantitative estimate of drug-likeness (QED) is 0.235. The van der Waals surface area contributed by atoms with Crippen molar-refractivity contribution in [3.8, 4) is 6.07 Å². The van der Waals surface area contributed by atoms with Crippen LogP contribution in [0.25, 0.3) is 0 Å². The first-order valence-corrected chi connectivity index (χ1v) is 4.24. The Morgan fingerprint density at radius 3 is 2.80 bits per heavy atom. The molecule has 80 valence electrons. The van der Waals surface area contributed by atoms with Gasteiger partial charge in [-0.15, -0.1) is 0 Å². The third-order valence-corrected chi connectivity index (χ3v) is 2.25. The second kappa shape index (κ2) is 3.82. The largest absolute Gasteiger partial charge is 0.514 e. The lowest BCUT2D eigenvalue weighted by molar-refractivity contribution is 0.0727. The van der Waals surface area contributed by atoms with Crippen LogP contribution in [0, 0.1) is 16.1 Å². The van der Waals surface area contributed by atoms with Crippen molar-refractivity contribution in [1.29, 1.82) is 5.26 Å². The first-order chi connectivity index (χ1) is 6.95. The lowest BCUT2D eigenvalue weighted by atomic mass is 10.1. The number of hydrogen-bond acceptors (Lipinski definition) is 6. The molecule has 0 aliphatic rings. The van der Waals surface area contributed by atoms with Gasteiger partial charge in [-0.1, -0.05) is 0 Å². The van der Waals surface area contributed by atoms with Gasteiger partial charge in [-0.3, -0.25) is 10.8 Å². The van der Waals surface area contributed by atoms with Gasteiger partial charge in [0, 0.05) is 7.05 Å². The molecule has 1 unspecified atom stereocenters. The minimum Gasteiger partial charge on any atom is -0.514 e. The maximum Gasteiger partial charge on any atom is 0.214 e. The molecule has 1 heterocycles. The molecule has 5 N–H and O–H groups in total. The van der Waals surface area contributed by atoms with Gasteiger partial charge in [0.2, 0.25) is 5.72 Å². The minimum atomic E-state index is -2.17. The summed E-state index contributed by atoms with van der Waals surface area (Å²) in [6.07, 6.45) is 0.428. The van der Waals surface area contributed by atoms with Crippen LogP contribution in [-0.4, -0.2) is 25.0 Å². The van der Waals surface area contributed by atoms with E-state index >= 15 is 0 Å². The van der Waals surface area contributed by atoms with E-state index in [0.717, 1.165) is 0 Å².